The lowest BCUT2D eigenvalue weighted by molar-refractivity contribution is 0.0673. The van der Waals surface area contributed by atoms with E-state index in [1.165, 1.54) is 42.5 Å². The quantitative estimate of drug-likeness (QED) is 0.692. The summed E-state index contributed by atoms with van der Waals surface area (Å²) >= 11 is 0. The smallest absolute Gasteiger partial charge is 0.262 e. The lowest BCUT2D eigenvalue weighted by Gasteiger charge is -2.07. The van der Waals surface area contributed by atoms with Gasteiger partial charge in [0.25, 0.3) is 17.7 Å². The van der Waals surface area contributed by atoms with Crippen molar-refractivity contribution in [1.82, 2.24) is 4.90 Å². The summed E-state index contributed by atoms with van der Waals surface area (Å²) in [7, 11) is 0. The first-order chi connectivity index (χ1) is 11.5. The maximum absolute atomic E-state index is 12.9. The van der Waals surface area contributed by atoms with Gasteiger partial charge in [-0.05, 0) is 42.5 Å². The van der Waals surface area contributed by atoms with Crippen LogP contribution < -0.4 is 5.32 Å². The molecule has 0 aliphatic carbocycles. The van der Waals surface area contributed by atoms with Gasteiger partial charge in [-0.25, -0.2) is 4.39 Å². The van der Waals surface area contributed by atoms with Crippen molar-refractivity contribution in [1.29, 1.82) is 5.26 Å². The molecule has 6 nitrogen and oxygen atoms in total. The number of nitriles is 1. The van der Waals surface area contributed by atoms with Crippen molar-refractivity contribution >= 4 is 23.4 Å². The van der Waals surface area contributed by atoms with Gasteiger partial charge in [-0.15, -0.1) is 0 Å². The number of amides is 3. The van der Waals surface area contributed by atoms with Crippen molar-refractivity contribution in [3.63, 3.8) is 0 Å². The SMILES string of the molecule is N#CCN1C(=O)c2ccc(NC(=O)c3ccc(F)cc3)cc2C1=O. The van der Waals surface area contributed by atoms with Gasteiger partial charge in [0.1, 0.15) is 12.4 Å². The first-order valence-corrected chi connectivity index (χ1v) is 6.95. The zero-order valence-electron chi connectivity index (χ0n) is 12.2. The Hall–Kier alpha value is -3.53. The lowest BCUT2D eigenvalue weighted by atomic mass is 10.1. The predicted octanol–water partition coefficient (Wildman–Crippen LogP) is 2.20. The van der Waals surface area contributed by atoms with Crippen molar-refractivity contribution in [3.05, 3.63) is 65.0 Å². The standard InChI is InChI=1S/C17H10FN3O3/c18-11-3-1-10(2-4-11)15(22)20-12-5-6-13-14(9-12)17(24)21(8-7-19)16(13)23/h1-6,9H,8H2,(H,20,22). The monoisotopic (exact) mass is 323 g/mol. The maximum atomic E-state index is 12.9. The third kappa shape index (κ3) is 2.61. The number of hydrogen-bond acceptors (Lipinski definition) is 4. The third-order valence-corrected chi connectivity index (χ3v) is 3.56. The Labute approximate surface area is 136 Å². The van der Waals surface area contributed by atoms with Crippen molar-refractivity contribution in [2.45, 2.75) is 0 Å². The summed E-state index contributed by atoms with van der Waals surface area (Å²) in [6.07, 6.45) is 0. The fourth-order valence-electron chi connectivity index (χ4n) is 2.39. The molecular formula is C17H10FN3O3. The number of nitrogens with zero attached hydrogens (tertiary/aromatic N) is 2. The van der Waals surface area contributed by atoms with Gasteiger partial charge in [-0.1, -0.05) is 0 Å². The molecule has 0 saturated heterocycles. The molecule has 7 heteroatoms. The molecule has 0 saturated carbocycles. The van der Waals surface area contributed by atoms with Crippen LogP contribution in [-0.2, 0) is 0 Å². The molecule has 3 amide bonds. The first-order valence-electron chi connectivity index (χ1n) is 6.95. The van der Waals surface area contributed by atoms with E-state index >= 15 is 0 Å². The summed E-state index contributed by atoms with van der Waals surface area (Å²) in [6, 6.07) is 11.1. The second-order valence-electron chi connectivity index (χ2n) is 5.08. The van der Waals surface area contributed by atoms with Gasteiger partial charge in [0, 0.05) is 11.3 Å². The molecule has 1 N–H and O–H groups in total. The summed E-state index contributed by atoms with van der Waals surface area (Å²) in [4.78, 5) is 37.1. The largest absolute Gasteiger partial charge is 0.322 e. The summed E-state index contributed by atoms with van der Waals surface area (Å²) in [5.41, 5.74) is 0.899. The number of halogens is 1. The molecule has 1 aliphatic rings. The number of hydrogen-bond donors (Lipinski definition) is 1. The molecule has 2 aromatic carbocycles. The van der Waals surface area contributed by atoms with Gasteiger partial charge in [0.15, 0.2) is 0 Å². The van der Waals surface area contributed by atoms with E-state index in [1.54, 1.807) is 6.07 Å². The van der Waals surface area contributed by atoms with E-state index in [-0.39, 0.29) is 23.2 Å². The summed E-state index contributed by atoms with van der Waals surface area (Å²) in [6.45, 7) is -0.330. The summed E-state index contributed by atoms with van der Waals surface area (Å²) < 4.78 is 12.9. The first kappa shape index (κ1) is 15.4. The lowest BCUT2D eigenvalue weighted by Crippen LogP contribution is -2.29. The molecule has 0 aromatic heterocycles. The van der Waals surface area contributed by atoms with Crippen molar-refractivity contribution in [3.8, 4) is 6.07 Å². The molecule has 0 atom stereocenters. The zero-order valence-corrected chi connectivity index (χ0v) is 12.2. The van der Waals surface area contributed by atoms with Crippen LogP contribution in [0.4, 0.5) is 10.1 Å². The second-order valence-corrected chi connectivity index (χ2v) is 5.08. The van der Waals surface area contributed by atoms with Gasteiger partial charge >= 0.3 is 0 Å². The maximum Gasteiger partial charge on any atom is 0.262 e. The van der Waals surface area contributed by atoms with Crippen molar-refractivity contribution in [2.75, 3.05) is 11.9 Å². The minimum atomic E-state index is -0.575. The molecule has 0 fully saturated rings. The summed E-state index contributed by atoms with van der Waals surface area (Å²) in [5.74, 6) is -2.03. The van der Waals surface area contributed by atoms with Crippen molar-refractivity contribution < 1.29 is 18.8 Å². The Morgan fingerprint density at radius 1 is 1.08 bits per heavy atom. The number of fused-ring (bicyclic) bond motifs is 1. The number of nitrogens with one attached hydrogen (secondary N) is 1. The fraction of sp³-hybridized carbons (Fsp3) is 0.0588. The number of anilines is 1. The van der Waals surface area contributed by atoms with Crippen LogP contribution in [0.5, 0.6) is 0 Å². The van der Waals surface area contributed by atoms with Crippen molar-refractivity contribution in [2.24, 2.45) is 0 Å². The number of imide groups is 1. The van der Waals surface area contributed by atoms with E-state index in [4.69, 9.17) is 5.26 Å². The highest BCUT2D eigenvalue weighted by Gasteiger charge is 2.35. The molecule has 118 valence electrons. The van der Waals surface area contributed by atoms with Gasteiger partial charge in [0.2, 0.25) is 0 Å². The van der Waals surface area contributed by atoms with E-state index in [9.17, 15) is 18.8 Å². The molecule has 3 rings (SSSR count). The Morgan fingerprint density at radius 2 is 1.75 bits per heavy atom. The third-order valence-electron chi connectivity index (χ3n) is 3.56. The second kappa shape index (κ2) is 5.93. The number of benzene rings is 2. The highest BCUT2D eigenvalue weighted by Crippen LogP contribution is 2.25. The number of carbonyl (C=O) groups excluding carboxylic acids is 3. The minimum Gasteiger partial charge on any atom is -0.322 e. The van der Waals surface area contributed by atoms with Crippen LogP contribution in [-0.4, -0.2) is 29.2 Å². The van der Waals surface area contributed by atoms with E-state index in [1.807, 2.05) is 0 Å². The van der Waals surface area contributed by atoms with E-state index < -0.39 is 23.5 Å². The highest BCUT2D eigenvalue weighted by molar-refractivity contribution is 6.22. The van der Waals surface area contributed by atoms with Crippen LogP contribution in [0.25, 0.3) is 0 Å². The number of rotatable bonds is 3. The molecule has 1 heterocycles. The van der Waals surface area contributed by atoms with Gasteiger partial charge in [0.05, 0.1) is 17.2 Å². The highest BCUT2D eigenvalue weighted by atomic mass is 19.1. The molecule has 0 spiro atoms. The molecule has 24 heavy (non-hydrogen) atoms. The Kier molecular flexibility index (Phi) is 3.80. The predicted molar refractivity (Wildman–Crippen MR) is 81.8 cm³/mol. The molecule has 0 bridgehead atoms. The van der Waals surface area contributed by atoms with Crippen LogP contribution in [0.1, 0.15) is 31.1 Å². The van der Waals surface area contributed by atoms with Gasteiger partial charge in [-0.3, -0.25) is 19.3 Å². The van der Waals surface area contributed by atoms with E-state index in [0.717, 1.165) is 4.90 Å². The average Bonchev–Trinajstić information content (AvgIpc) is 2.80. The molecule has 0 unspecified atom stereocenters. The molecular weight excluding hydrogens is 313 g/mol. The van der Waals surface area contributed by atoms with Gasteiger partial charge in [-0.2, -0.15) is 5.26 Å². The topological polar surface area (TPSA) is 90.3 Å². The van der Waals surface area contributed by atoms with Crippen LogP contribution in [0.15, 0.2) is 42.5 Å². The summed E-state index contributed by atoms with van der Waals surface area (Å²) in [5, 5.41) is 11.3. The van der Waals surface area contributed by atoms with Crippen LogP contribution >= 0.6 is 0 Å². The molecule has 1 aliphatic heterocycles. The Bertz CT molecular complexity index is 900. The van der Waals surface area contributed by atoms with E-state index in [0.29, 0.717) is 5.69 Å². The van der Waals surface area contributed by atoms with Crippen LogP contribution in [0.2, 0.25) is 0 Å². The molecule has 0 radical (unpaired) electrons. The fourth-order valence-corrected chi connectivity index (χ4v) is 2.39. The van der Waals surface area contributed by atoms with Gasteiger partial charge < -0.3 is 5.32 Å². The zero-order chi connectivity index (χ0) is 17.3. The molecule has 2 aromatic rings. The van der Waals surface area contributed by atoms with Crippen LogP contribution in [0, 0.1) is 17.1 Å². The van der Waals surface area contributed by atoms with Crippen LogP contribution in [0.3, 0.4) is 0 Å². The minimum absolute atomic E-state index is 0.132. The van der Waals surface area contributed by atoms with E-state index in [2.05, 4.69) is 5.32 Å². The number of carbonyl (C=O) groups is 3. The average molecular weight is 323 g/mol. The Balaban J connectivity index is 1.84. The Morgan fingerprint density at radius 3 is 2.42 bits per heavy atom. The normalized spacial score (nSPS) is 12.8.